The highest BCUT2D eigenvalue weighted by Gasteiger charge is 2.39. The van der Waals surface area contributed by atoms with Crippen molar-refractivity contribution in [1.82, 2.24) is 0 Å². The Morgan fingerprint density at radius 3 is 1.87 bits per heavy atom. The molecule has 0 aliphatic carbocycles. The molecule has 0 saturated heterocycles. The van der Waals surface area contributed by atoms with Gasteiger partial charge in [0.15, 0.2) is 0 Å². The largest absolute Gasteiger partial charge is 0.454 e. The minimum Gasteiger partial charge on any atom is -0.284 e. The maximum absolute atomic E-state index is 12.8. The predicted molar refractivity (Wildman–Crippen MR) is 41.5 cm³/mol. The van der Waals surface area contributed by atoms with Crippen LogP contribution in [0, 0.1) is 18.6 Å². The lowest BCUT2D eigenvalue weighted by atomic mass is 10.1. The molecule has 82 valence electrons. The molecular formula is C9H5F5O. The van der Waals surface area contributed by atoms with Crippen LogP contribution in [0.5, 0.6) is 0 Å². The fourth-order valence-electron chi connectivity index (χ4n) is 0.940. The number of hydrogen-bond donors (Lipinski definition) is 0. The summed E-state index contributed by atoms with van der Waals surface area (Å²) in [6, 6.07) is 0.739. The second-order valence-corrected chi connectivity index (χ2v) is 2.89. The lowest BCUT2D eigenvalue weighted by Gasteiger charge is -2.06. The van der Waals surface area contributed by atoms with Crippen LogP contribution in [-0.2, 0) is 0 Å². The molecule has 6 heteroatoms. The summed E-state index contributed by atoms with van der Waals surface area (Å²) in [5, 5.41) is 0. The van der Waals surface area contributed by atoms with Gasteiger partial charge in [-0.1, -0.05) is 0 Å². The summed E-state index contributed by atoms with van der Waals surface area (Å²) in [6.45, 7) is 1.06. The van der Waals surface area contributed by atoms with Crippen LogP contribution < -0.4 is 0 Å². The number of halogens is 5. The van der Waals surface area contributed by atoms with Gasteiger partial charge in [0, 0.05) is 11.1 Å². The smallest absolute Gasteiger partial charge is 0.284 e. The van der Waals surface area contributed by atoms with Crippen molar-refractivity contribution < 1.29 is 26.7 Å². The van der Waals surface area contributed by atoms with Crippen molar-refractivity contribution in [3.8, 4) is 0 Å². The quantitative estimate of drug-likeness (QED) is 0.529. The van der Waals surface area contributed by atoms with E-state index in [4.69, 9.17) is 0 Å². The Bertz CT molecular complexity index is 384. The Hall–Kier alpha value is -1.46. The van der Waals surface area contributed by atoms with Crippen LogP contribution in [0.25, 0.3) is 0 Å². The number of benzene rings is 1. The Balaban J connectivity index is 3.24. The van der Waals surface area contributed by atoms with Gasteiger partial charge in [-0.15, -0.1) is 0 Å². The minimum atomic E-state index is -5.13. The molecule has 15 heavy (non-hydrogen) atoms. The zero-order chi connectivity index (χ0) is 11.8. The molecule has 0 atom stereocenters. The van der Waals surface area contributed by atoms with Gasteiger partial charge in [0.05, 0.1) is 0 Å². The summed E-state index contributed by atoms with van der Waals surface area (Å²) in [5.74, 6) is -4.62. The van der Waals surface area contributed by atoms with Crippen molar-refractivity contribution in [2.45, 2.75) is 13.1 Å². The molecule has 0 unspecified atom stereocenters. The highest BCUT2D eigenvalue weighted by Crippen LogP contribution is 2.23. The molecule has 0 aromatic heterocycles. The molecule has 0 N–H and O–H groups in total. The summed E-state index contributed by atoms with van der Waals surface area (Å²) >= 11 is 0. The van der Waals surface area contributed by atoms with Crippen molar-refractivity contribution in [3.05, 3.63) is 34.9 Å². The lowest BCUT2D eigenvalue weighted by Crippen LogP contribution is -2.23. The number of carbonyl (C=O) groups is 1. The van der Waals surface area contributed by atoms with Crippen molar-refractivity contribution in [2.75, 3.05) is 0 Å². The molecule has 1 aromatic carbocycles. The van der Waals surface area contributed by atoms with Gasteiger partial charge >= 0.3 is 6.18 Å². The molecule has 0 spiro atoms. The SMILES string of the molecule is Cc1c(F)cc(C(=O)C(F)(F)F)cc1F. The van der Waals surface area contributed by atoms with Crippen molar-refractivity contribution in [2.24, 2.45) is 0 Å². The Labute approximate surface area is 81.5 Å². The molecule has 1 rings (SSSR count). The van der Waals surface area contributed by atoms with E-state index >= 15 is 0 Å². The van der Waals surface area contributed by atoms with Crippen LogP contribution in [0.2, 0.25) is 0 Å². The van der Waals surface area contributed by atoms with Crippen molar-refractivity contribution >= 4 is 5.78 Å². The van der Waals surface area contributed by atoms with E-state index in [-0.39, 0.29) is 0 Å². The van der Waals surface area contributed by atoms with Crippen LogP contribution in [-0.4, -0.2) is 12.0 Å². The second kappa shape index (κ2) is 3.60. The van der Waals surface area contributed by atoms with E-state index in [0.29, 0.717) is 12.1 Å². The third-order valence-electron chi connectivity index (χ3n) is 1.80. The highest BCUT2D eigenvalue weighted by molar-refractivity contribution is 6.00. The number of carbonyl (C=O) groups excluding carboxylic acids is 1. The van der Waals surface area contributed by atoms with Crippen LogP contribution in [0.4, 0.5) is 22.0 Å². The standard InChI is InChI=1S/C9H5F5O/c1-4-6(10)2-5(3-7(4)11)8(15)9(12,13)14/h2-3H,1H3. The lowest BCUT2D eigenvalue weighted by molar-refractivity contribution is -0.0885. The van der Waals surface area contributed by atoms with Crippen molar-refractivity contribution in [1.29, 1.82) is 0 Å². The average Bonchev–Trinajstić information content (AvgIpc) is 2.10. The summed E-state index contributed by atoms with van der Waals surface area (Å²) in [6.07, 6.45) is -5.13. The molecule has 0 heterocycles. The van der Waals surface area contributed by atoms with Gasteiger partial charge in [0.2, 0.25) is 0 Å². The van der Waals surface area contributed by atoms with E-state index in [0.717, 1.165) is 6.92 Å². The minimum absolute atomic E-state index is 0.369. The molecule has 0 saturated carbocycles. The molecule has 0 aliphatic heterocycles. The number of ketones is 1. The fraction of sp³-hybridized carbons (Fsp3) is 0.222. The number of rotatable bonds is 1. The van der Waals surface area contributed by atoms with Gasteiger partial charge in [-0.05, 0) is 19.1 Å². The molecular weight excluding hydrogens is 219 g/mol. The van der Waals surface area contributed by atoms with E-state index in [1.807, 2.05) is 0 Å². The molecule has 0 fully saturated rings. The first-order valence-electron chi connectivity index (χ1n) is 3.80. The zero-order valence-electron chi connectivity index (χ0n) is 7.45. The molecule has 0 radical (unpaired) electrons. The zero-order valence-corrected chi connectivity index (χ0v) is 7.45. The predicted octanol–water partition coefficient (Wildman–Crippen LogP) is 3.02. The van der Waals surface area contributed by atoms with E-state index in [1.54, 1.807) is 0 Å². The third kappa shape index (κ3) is 2.31. The highest BCUT2D eigenvalue weighted by atomic mass is 19.4. The van der Waals surface area contributed by atoms with E-state index in [9.17, 15) is 26.7 Å². The average molecular weight is 224 g/mol. The van der Waals surface area contributed by atoms with Gasteiger partial charge in [-0.25, -0.2) is 8.78 Å². The summed E-state index contributed by atoms with van der Waals surface area (Å²) in [4.78, 5) is 10.6. The van der Waals surface area contributed by atoms with Gasteiger partial charge in [0.25, 0.3) is 5.78 Å². The molecule has 0 amide bonds. The molecule has 1 nitrogen and oxygen atoms in total. The third-order valence-corrected chi connectivity index (χ3v) is 1.80. The van der Waals surface area contributed by atoms with E-state index in [1.165, 1.54) is 0 Å². The first-order chi connectivity index (χ1) is 6.73. The topological polar surface area (TPSA) is 17.1 Å². The first kappa shape index (κ1) is 11.6. The van der Waals surface area contributed by atoms with Gasteiger partial charge in [-0.3, -0.25) is 4.79 Å². The molecule has 0 bridgehead atoms. The van der Waals surface area contributed by atoms with Crippen LogP contribution in [0.1, 0.15) is 15.9 Å². The van der Waals surface area contributed by atoms with Crippen molar-refractivity contribution in [3.63, 3.8) is 0 Å². The van der Waals surface area contributed by atoms with Crippen LogP contribution in [0.15, 0.2) is 12.1 Å². The number of hydrogen-bond acceptors (Lipinski definition) is 1. The Morgan fingerprint density at radius 2 is 1.53 bits per heavy atom. The summed E-state index contributed by atoms with van der Waals surface area (Å²) in [7, 11) is 0. The van der Waals surface area contributed by atoms with Gasteiger partial charge in [0.1, 0.15) is 11.6 Å². The first-order valence-corrected chi connectivity index (χ1v) is 3.80. The summed E-state index contributed by atoms with van der Waals surface area (Å²) in [5.41, 5.74) is -1.46. The van der Waals surface area contributed by atoms with E-state index < -0.39 is 34.7 Å². The maximum atomic E-state index is 12.8. The maximum Gasteiger partial charge on any atom is 0.454 e. The molecule has 1 aromatic rings. The number of Topliss-reactive ketones (excluding diaryl/α,β-unsaturated/α-hetero) is 1. The van der Waals surface area contributed by atoms with Crippen LogP contribution in [0.3, 0.4) is 0 Å². The summed E-state index contributed by atoms with van der Waals surface area (Å²) < 4.78 is 61.4. The van der Waals surface area contributed by atoms with Gasteiger partial charge < -0.3 is 0 Å². The monoisotopic (exact) mass is 224 g/mol. The second-order valence-electron chi connectivity index (χ2n) is 2.89. The Kier molecular flexibility index (Phi) is 2.79. The number of alkyl halides is 3. The fourth-order valence-corrected chi connectivity index (χ4v) is 0.940. The van der Waals surface area contributed by atoms with Crippen LogP contribution >= 0.6 is 0 Å². The Morgan fingerprint density at radius 1 is 1.13 bits per heavy atom. The van der Waals surface area contributed by atoms with E-state index in [2.05, 4.69) is 0 Å². The van der Waals surface area contributed by atoms with Gasteiger partial charge in [-0.2, -0.15) is 13.2 Å². The normalized spacial score (nSPS) is 11.6. The molecule has 0 aliphatic rings.